The molecule has 1 atom stereocenters. The third-order valence-corrected chi connectivity index (χ3v) is 5.89. The number of H-pyrrole nitrogens is 2. The summed E-state index contributed by atoms with van der Waals surface area (Å²) in [6.07, 6.45) is 1.76. The summed E-state index contributed by atoms with van der Waals surface area (Å²) < 4.78 is 5.30. The Hall–Kier alpha value is -3.38. The van der Waals surface area contributed by atoms with E-state index in [-0.39, 0.29) is 11.5 Å². The van der Waals surface area contributed by atoms with E-state index in [0.717, 1.165) is 46.7 Å². The van der Waals surface area contributed by atoms with Crippen molar-refractivity contribution in [3.05, 3.63) is 93.3 Å². The largest absolute Gasteiger partial charge is 0.497 e. The van der Waals surface area contributed by atoms with Crippen LogP contribution in [0.15, 0.2) is 59.7 Å². The van der Waals surface area contributed by atoms with Crippen LogP contribution < -0.4 is 10.3 Å². The van der Waals surface area contributed by atoms with Crippen LogP contribution in [0.2, 0.25) is 0 Å². The van der Waals surface area contributed by atoms with Gasteiger partial charge in [-0.1, -0.05) is 23.8 Å². The normalized spacial score (nSPS) is 16.5. The number of hydrogen-bond acceptors (Lipinski definition) is 4. The van der Waals surface area contributed by atoms with E-state index in [1.54, 1.807) is 13.4 Å². The van der Waals surface area contributed by atoms with E-state index in [9.17, 15) is 4.79 Å². The van der Waals surface area contributed by atoms with Crippen molar-refractivity contribution in [2.24, 2.45) is 0 Å². The fraction of sp³-hybridized carbons (Fsp3) is 0.250. The number of aromatic nitrogens is 3. The summed E-state index contributed by atoms with van der Waals surface area (Å²) in [6, 6.07) is 16.3. The lowest BCUT2D eigenvalue weighted by Gasteiger charge is -2.32. The molecule has 2 aromatic carbocycles. The van der Waals surface area contributed by atoms with Crippen molar-refractivity contribution >= 4 is 10.9 Å². The Bertz CT molecular complexity index is 1260. The Morgan fingerprint density at radius 2 is 2.00 bits per heavy atom. The molecule has 1 aliphatic heterocycles. The highest BCUT2D eigenvalue weighted by Crippen LogP contribution is 2.33. The van der Waals surface area contributed by atoms with Crippen LogP contribution >= 0.6 is 0 Å². The number of fused-ring (bicyclic) bond motifs is 2. The minimum Gasteiger partial charge on any atom is -0.497 e. The van der Waals surface area contributed by atoms with Crippen molar-refractivity contribution in [1.29, 1.82) is 0 Å². The van der Waals surface area contributed by atoms with Crippen LogP contribution in [-0.2, 0) is 13.1 Å². The van der Waals surface area contributed by atoms with E-state index in [1.807, 2.05) is 30.3 Å². The summed E-state index contributed by atoms with van der Waals surface area (Å²) in [5, 5.41) is 1.07. The minimum absolute atomic E-state index is 0.0252. The third-order valence-electron chi connectivity index (χ3n) is 5.89. The summed E-state index contributed by atoms with van der Waals surface area (Å²) in [6.45, 7) is 4.20. The van der Waals surface area contributed by atoms with Crippen LogP contribution in [0.5, 0.6) is 5.75 Å². The van der Waals surface area contributed by atoms with Gasteiger partial charge in [-0.05, 0) is 48.2 Å². The van der Waals surface area contributed by atoms with Crippen molar-refractivity contribution in [2.75, 3.05) is 13.7 Å². The summed E-state index contributed by atoms with van der Waals surface area (Å²) in [5.74, 6) is 0.986. The Morgan fingerprint density at radius 3 is 2.80 bits per heavy atom. The Morgan fingerprint density at radius 1 is 1.17 bits per heavy atom. The first kappa shape index (κ1) is 18.6. The van der Waals surface area contributed by atoms with E-state index in [2.05, 4.69) is 45.0 Å². The van der Waals surface area contributed by atoms with Crippen molar-refractivity contribution < 1.29 is 4.74 Å². The first-order valence-electron chi connectivity index (χ1n) is 10.1. The predicted octanol–water partition coefficient (Wildman–Crippen LogP) is 3.72. The van der Waals surface area contributed by atoms with Gasteiger partial charge < -0.3 is 14.7 Å². The van der Waals surface area contributed by atoms with Gasteiger partial charge in [0.1, 0.15) is 5.75 Å². The zero-order valence-corrected chi connectivity index (χ0v) is 17.1. The average molecular weight is 400 g/mol. The number of ether oxygens (including phenoxy) is 1. The lowest BCUT2D eigenvalue weighted by molar-refractivity contribution is 0.227. The summed E-state index contributed by atoms with van der Waals surface area (Å²) in [5.41, 5.74) is 6.19. The number of aryl methyl sites for hydroxylation is 1. The molecule has 2 N–H and O–H groups in total. The minimum atomic E-state index is -0.0252. The van der Waals surface area contributed by atoms with Crippen molar-refractivity contribution in [3.8, 4) is 5.75 Å². The maximum atomic E-state index is 12.7. The van der Waals surface area contributed by atoms with Gasteiger partial charge in [-0.3, -0.25) is 9.69 Å². The van der Waals surface area contributed by atoms with Gasteiger partial charge in [0.25, 0.3) is 5.56 Å². The number of hydrogen-bond donors (Lipinski definition) is 2. The highest BCUT2D eigenvalue weighted by atomic mass is 16.5. The highest BCUT2D eigenvalue weighted by molar-refractivity contribution is 5.79. The number of aromatic amines is 2. The SMILES string of the molecule is COc1ccc(C2CN(Cc3cc4cc(C)ccc4[nH]c3=O)Cc3[nH]cnc32)cc1. The first-order chi connectivity index (χ1) is 14.6. The molecule has 5 rings (SSSR count). The second-order valence-electron chi connectivity index (χ2n) is 7.98. The van der Waals surface area contributed by atoms with Crippen molar-refractivity contribution in [1.82, 2.24) is 19.9 Å². The van der Waals surface area contributed by atoms with Gasteiger partial charge in [0.05, 0.1) is 24.8 Å². The monoisotopic (exact) mass is 400 g/mol. The first-order valence-corrected chi connectivity index (χ1v) is 10.1. The van der Waals surface area contributed by atoms with E-state index in [4.69, 9.17) is 4.74 Å². The highest BCUT2D eigenvalue weighted by Gasteiger charge is 2.29. The summed E-state index contributed by atoms with van der Waals surface area (Å²) in [4.78, 5) is 25.9. The lowest BCUT2D eigenvalue weighted by atomic mass is 9.90. The molecule has 0 saturated heterocycles. The van der Waals surface area contributed by atoms with Gasteiger partial charge in [0.15, 0.2) is 0 Å². The van der Waals surface area contributed by atoms with Gasteiger partial charge >= 0.3 is 0 Å². The van der Waals surface area contributed by atoms with Crippen LogP contribution in [0.3, 0.4) is 0 Å². The van der Waals surface area contributed by atoms with Crippen LogP contribution in [-0.4, -0.2) is 33.5 Å². The maximum absolute atomic E-state index is 12.7. The number of imidazole rings is 1. The Kier molecular flexibility index (Phi) is 4.64. The van der Waals surface area contributed by atoms with Crippen molar-refractivity contribution in [3.63, 3.8) is 0 Å². The zero-order valence-electron chi connectivity index (χ0n) is 17.1. The van der Waals surface area contributed by atoms with E-state index < -0.39 is 0 Å². The molecule has 152 valence electrons. The second-order valence-corrected chi connectivity index (χ2v) is 7.98. The molecular weight excluding hydrogens is 376 g/mol. The van der Waals surface area contributed by atoms with E-state index >= 15 is 0 Å². The standard InChI is InChI=1S/C24H24N4O2/c1-15-3-8-21-17(9-15)10-18(24(29)27-21)11-28-12-20(23-22(13-28)25-14-26-23)16-4-6-19(30-2)7-5-16/h3-10,14,20H,11-13H2,1-2H3,(H,25,26)(H,27,29). The molecule has 6 nitrogen and oxygen atoms in total. The average Bonchev–Trinajstić information content (AvgIpc) is 3.23. The second kappa shape index (κ2) is 7.46. The number of nitrogens with one attached hydrogen (secondary N) is 2. The number of nitrogens with zero attached hydrogens (tertiary/aromatic N) is 2. The summed E-state index contributed by atoms with van der Waals surface area (Å²) >= 11 is 0. The Labute approximate surface area is 174 Å². The number of methoxy groups -OCH3 is 1. The molecule has 0 fully saturated rings. The number of benzene rings is 2. The molecule has 6 heteroatoms. The molecule has 0 spiro atoms. The fourth-order valence-electron chi connectivity index (χ4n) is 4.34. The Balaban J connectivity index is 1.46. The van der Waals surface area contributed by atoms with Gasteiger partial charge in [0.2, 0.25) is 0 Å². The van der Waals surface area contributed by atoms with Crippen LogP contribution in [0.1, 0.15) is 34.0 Å². The molecule has 0 saturated carbocycles. The lowest BCUT2D eigenvalue weighted by Crippen LogP contribution is -2.35. The number of pyridine rings is 1. The molecule has 4 aromatic rings. The predicted molar refractivity (Wildman–Crippen MR) is 117 cm³/mol. The van der Waals surface area contributed by atoms with Gasteiger partial charge in [-0.2, -0.15) is 0 Å². The quantitative estimate of drug-likeness (QED) is 0.548. The van der Waals surface area contributed by atoms with Crippen LogP contribution in [0.4, 0.5) is 0 Å². The molecular formula is C24H24N4O2. The zero-order chi connectivity index (χ0) is 20.7. The van der Waals surface area contributed by atoms with E-state index in [1.165, 1.54) is 11.1 Å². The molecule has 0 amide bonds. The molecule has 0 bridgehead atoms. The third kappa shape index (κ3) is 3.39. The van der Waals surface area contributed by atoms with Crippen molar-refractivity contribution in [2.45, 2.75) is 25.9 Å². The maximum Gasteiger partial charge on any atom is 0.252 e. The summed E-state index contributed by atoms with van der Waals surface area (Å²) in [7, 11) is 1.67. The molecule has 30 heavy (non-hydrogen) atoms. The van der Waals surface area contributed by atoms with Crippen LogP contribution in [0, 0.1) is 6.92 Å². The molecule has 0 aliphatic carbocycles. The molecule has 0 radical (unpaired) electrons. The number of rotatable bonds is 4. The van der Waals surface area contributed by atoms with Gasteiger partial charge in [0, 0.05) is 36.6 Å². The van der Waals surface area contributed by atoms with Crippen LogP contribution in [0.25, 0.3) is 10.9 Å². The van der Waals surface area contributed by atoms with Gasteiger partial charge in [-0.25, -0.2) is 4.98 Å². The molecule has 3 heterocycles. The van der Waals surface area contributed by atoms with E-state index in [0.29, 0.717) is 6.54 Å². The topological polar surface area (TPSA) is 74.0 Å². The molecule has 2 aromatic heterocycles. The van der Waals surface area contributed by atoms with Gasteiger partial charge in [-0.15, -0.1) is 0 Å². The molecule has 1 unspecified atom stereocenters. The molecule has 1 aliphatic rings. The smallest absolute Gasteiger partial charge is 0.252 e. The fourth-order valence-corrected chi connectivity index (χ4v) is 4.34.